The van der Waals surface area contributed by atoms with E-state index >= 15 is 0 Å². The van der Waals surface area contributed by atoms with E-state index in [1.807, 2.05) is 30.6 Å². The van der Waals surface area contributed by atoms with Crippen molar-refractivity contribution in [1.82, 2.24) is 30.7 Å². The topological polar surface area (TPSA) is 101 Å². The van der Waals surface area contributed by atoms with Gasteiger partial charge in [0.05, 0.1) is 25.0 Å². The van der Waals surface area contributed by atoms with E-state index in [9.17, 15) is 9.59 Å². The predicted molar refractivity (Wildman–Crippen MR) is 107 cm³/mol. The number of nitrogens with zero attached hydrogens (tertiary/aromatic N) is 3. The number of carbonyl (C=O) groups excluding carboxylic acids is 2. The molecule has 28 heavy (non-hydrogen) atoms. The van der Waals surface area contributed by atoms with Crippen molar-refractivity contribution in [2.45, 2.75) is 19.1 Å². The van der Waals surface area contributed by atoms with Gasteiger partial charge in [0.1, 0.15) is 11.0 Å². The molecule has 146 valence electrons. The Morgan fingerprint density at radius 3 is 2.64 bits per heavy atom. The molecule has 8 nitrogen and oxygen atoms in total. The number of nitrogens with one attached hydrogen (secondary N) is 3. The summed E-state index contributed by atoms with van der Waals surface area (Å²) in [5, 5.41) is 15.5. The van der Waals surface area contributed by atoms with E-state index in [4.69, 9.17) is 0 Å². The van der Waals surface area contributed by atoms with Crippen LogP contribution < -0.4 is 16.0 Å². The van der Waals surface area contributed by atoms with Crippen molar-refractivity contribution in [1.29, 1.82) is 0 Å². The van der Waals surface area contributed by atoms with E-state index < -0.39 is 6.04 Å². The van der Waals surface area contributed by atoms with Gasteiger partial charge in [0.2, 0.25) is 5.91 Å². The second kappa shape index (κ2) is 9.25. The van der Waals surface area contributed by atoms with E-state index in [1.165, 1.54) is 11.3 Å². The number of rotatable bonds is 8. The lowest BCUT2D eigenvalue weighted by atomic mass is 10.1. The predicted octanol–water partition coefficient (Wildman–Crippen LogP) is 1.38. The summed E-state index contributed by atoms with van der Waals surface area (Å²) in [6.45, 7) is 0.668. The molecule has 2 aromatic heterocycles. The Kier molecular flexibility index (Phi) is 6.51. The van der Waals surface area contributed by atoms with Crippen molar-refractivity contribution >= 4 is 23.2 Å². The highest BCUT2D eigenvalue weighted by atomic mass is 32.1. The third kappa shape index (κ3) is 5.02. The molecule has 0 fully saturated rings. The quantitative estimate of drug-likeness (QED) is 0.532. The minimum absolute atomic E-state index is 0.140. The molecule has 1 aromatic carbocycles. The summed E-state index contributed by atoms with van der Waals surface area (Å²) in [5.41, 5.74) is 2.16. The summed E-state index contributed by atoms with van der Waals surface area (Å²) in [4.78, 5) is 29.0. The number of hydrogen-bond acceptors (Lipinski definition) is 6. The number of likely N-dealkylation sites (N-methyl/N-ethyl adjacent to an activating group) is 1. The average Bonchev–Trinajstić information content (AvgIpc) is 3.35. The number of benzene rings is 1. The summed E-state index contributed by atoms with van der Waals surface area (Å²) in [6, 6.07) is 8.56. The van der Waals surface area contributed by atoms with E-state index in [2.05, 4.69) is 26.0 Å². The van der Waals surface area contributed by atoms with Gasteiger partial charge in [-0.15, -0.1) is 11.3 Å². The van der Waals surface area contributed by atoms with Crippen molar-refractivity contribution in [3.63, 3.8) is 0 Å². The van der Waals surface area contributed by atoms with Gasteiger partial charge in [-0.3, -0.25) is 14.3 Å². The molecule has 0 saturated carbocycles. The molecule has 0 bridgehead atoms. The van der Waals surface area contributed by atoms with Crippen LogP contribution in [0.25, 0.3) is 0 Å². The minimum atomic E-state index is -0.475. The summed E-state index contributed by atoms with van der Waals surface area (Å²) >= 11 is 1.45. The molecule has 1 atom stereocenters. The fourth-order valence-corrected chi connectivity index (χ4v) is 3.41. The third-order valence-corrected chi connectivity index (χ3v) is 4.99. The smallest absolute Gasteiger partial charge is 0.251 e. The van der Waals surface area contributed by atoms with Gasteiger partial charge in [0.15, 0.2) is 0 Å². The highest BCUT2D eigenvalue weighted by molar-refractivity contribution is 7.09. The average molecular weight is 398 g/mol. The molecule has 2 heterocycles. The van der Waals surface area contributed by atoms with Gasteiger partial charge in [-0.05, 0) is 19.2 Å². The lowest BCUT2D eigenvalue weighted by Crippen LogP contribution is -2.35. The third-order valence-electron chi connectivity index (χ3n) is 4.09. The molecule has 0 aliphatic carbocycles. The maximum Gasteiger partial charge on any atom is 0.251 e. The van der Waals surface area contributed by atoms with E-state index in [1.54, 1.807) is 36.3 Å². The lowest BCUT2D eigenvalue weighted by molar-refractivity contribution is -0.123. The zero-order valence-electron chi connectivity index (χ0n) is 15.7. The number of hydrogen-bond donors (Lipinski definition) is 3. The monoisotopic (exact) mass is 398 g/mol. The van der Waals surface area contributed by atoms with Crippen molar-refractivity contribution in [3.8, 4) is 0 Å². The van der Waals surface area contributed by atoms with Gasteiger partial charge >= 0.3 is 0 Å². The molecule has 0 spiro atoms. The van der Waals surface area contributed by atoms with Crippen molar-refractivity contribution in [3.05, 3.63) is 69.9 Å². The van der Waals surface area contributed by atoms with Crippen LogP contribution in [0, 0.1) is 0 Å². The zero-order chi connectivity index (χ0) is 19.9. The first-order valence-electron chi connectivity index (χ1n) is 8.77. The molecule has 0 radical (unpaired) electrons. The van der Waals surface area contributed by atoms with Crippen LogP contribution in [0.4, 0.5) is 0 Å². The maximum atomic E-state index is 12.4. The van der Waals surface area contributed by atoms with Gasteiger partial charge in [0, 0.05) is 29.8 Å². The molecule has 3 rings (SSSR count). The van der Waals surface area contributed by atoms with E-state index in [0.717, 1.165) is 16.3 Å². The van der Waals surface area contributed by atoms with Gasteiger partial charge in [0.25, 0.3) is 5.91 Å². The zero-order valence-corrected chi connectivity index (χ0v) is 16.5. The fraction of sp³-hybridized carbons (Fsp3) is 0.263. The first-order valence-corrected chi connectivity index (χ1v) is 9.65. The fourth-order valence-electron chi connectivity index (χ4n) is 2.68. The molecular formula is C19H22N6O2S. The molecule has 0 aliphatic rings. The first kappa shape index (κ1) is 19.7. The summed E-state index contributed by atoms with van der Waals surface area (Å²) in [6.07, 6.45) is 3.47. The molecule has 3 N–H and O–H groups in total. The Balaban J connectivity index is 1.50. The highest BCUT2D eigenvalue weighted by Crippen LogP contribution is 2.13. The molecule has 0 aliphatic heterocycles. The lowest BCUT2D eigenvalue weighted by Gasteiger charge is -2.13. The highest BCUT2D eigenvalue weighted by Gasteiger charge is 2.20. The van der Waals surface area contributed by atoms with Crippen LogP contribution in [-0.4, -0.2) is 33.6 Å². The molecule has 2 amide bonds. The standard InChI is InChI=1S/C19H22N6O2S/c1-20-17(14-8-23-25(2)11-14)19(27)21-9-15-12-28-16(24-15)10-22-18(26)13-6-4-3-5-7-13/h3-8,11-12,17,20H,9-10H2,1-2H3,(H,21,27)(H,22,26). The summed E-state index contributed by atoms with van der Waals surface area (Å²) in [5.74, 6) is -0.290. The Morgan fingerprint density at radius 1 is 1.18 bits per heavy atom. The normalized spacial score (nSPS) is 11.8. The molecule has 3 aromatic rings. The van der Waals surface area contributed by atoms with Crippen LogP contribution in [0.1, 0.15) is 32.7 Å². The van der Waals surface area contributed by atoms with Crippen LogP contribution in [-0.2, 0) is 24.9 Å². The Labute approximate surface area is 167 Å². The Morgan fingerprint density at radius 2 is 1.96 bits per heavy atom. The number of amides is 2. The first-order chi connectivity index (χ1) is 13.6. The van der Waals surface area contributed by atoms with Gasteiger partial charge in [-0.25, -0.2) is 4.98 Å². The number of aromatic nitrogens is 3. The van der Waals surface area contributed by atoms with Crippen molar-refractivity contribution in [2.75, 3.05) is 7.05 Å². The molecular weight excluding hydrogens is 376 g/mol. The van der Waals surface area contributed by atoms with Crippen molar-refractivity contribution < 1.29 is 9.59 Å². The van der Waals surface area contributed by atoms with Gasteiger partial charge in [-0.2, -0.15) is 5.10 Å². The second-order valence-electron chi connectivity index (χ2n) is 6.17. The van der Waals surface area contributed by atoms with Gasteiger partial charge < -0.3 is 16.0 Å². The van der Waals surface area contributed by atoms with E-state index in [-0.39, 0.29) is 11.8 Å². The van der Waals surface area contributed by atoms with Crippen LogP contribution >= 0.6 is 11.3 Å². The Bertz CT molecular complexity index is 937. The number of carbonyl (C=O) groups is 2. The molecule has 9 heteroatoms. The number of aryl methyl sites for hydroxylation is 1. The Hall–Kier alpha value is -3.04. The van der Waals surface area contributed by atoms with Crippen LogP contribution in [0.3, 0.4) is 0 Å². The van der Waals surface area contributed by atoms with Crippen LogP contribution in [0.2, 0.25) is 0 Å². The summed E-state index contributed by atoms with van der Waals surface area (Å²) in [7, 11) is 3.54. The molecule has 0 saturated heterocycles. The largest absolute Gasteiger partial charge is 0.349 e. The minimum Gasteiger partial charge on any atom is -0.349 e. The van der Waals surface area contributed by atoms with Crippen LogP contribution in [0.5, 0.6) is 0 Å². The van der Waals surface area contributed by atoms with Crippen LogP contribution in [0.15, 0.2) is 48.1 Å². The second-order valence-corrected chi connectivity index (χ2v) is 7.11. The number of thiazole rings is 1. The SMILES string of the molecule is CNC(C(=O)NCc1csc(CNC(=O)c2ccccc2)n1)c1cnn(C)c1. The summed E-state index contributed by atoms with van der Waals surface area (Å²) < 4.78 is 1.66. The van der Waals surface area contributed by atoms with Gasteiger partial charge in [-0.1, -0.05) is 18.2 Å². The van der Waals surface area contributed by atoms with E-state index in [0.29, 0.717) is 18.7 Å². The van der Waals surface area contributed by atoms with Crippen molar-refractivity contribution in [2.24, 2.45) is 7.05 Å². The molecule has 1 unspecified atom stereocenters. The maximum absolute atomic E-state index is 12.4.